The number of aryl methyl sites for hydroxylation is 1. The summed E-state index contributed by atoms with van der Waals surface area (Å²) in [6.45, 7) is 1.77. The minimum absolute atomic E-state index is 0.212. The second-order valence-electron chi connectivity index (χ2n) is 4.99. The summed E-state index contributed by atoms with van der Waals surface area (Å²) in [4.78, 5) is 15.3. The average Bonchev–Trinajstić information content (AvgIpc) is 3.03. The summed E-state index contributed by atoms with van der Waals surface area (Å²) < 4.78 is 10.7. The van der Waals surface area contributed by atoms with Crippen LogP contribution < -0.4 is 10.5 Å². The van der Waals surface area contributed by atoms with E-state index >= 15 is 0 Å². The summed E-state index contributed by atoms with van der Waals surface area (Å²) in [5.74, 6) is 0.739. The average molecular weight is 309 g/mol. The molecule has 2 aromatic carbocycles. The van der Waals surface area contributed by atoms with E-state index in [1.54, 1.807) is 18.2 Å². The van der Waals surface area contributed by atoms with Crippen molar-refractivity contribution in [1.29, 1.82) is 0 Å². The predicted octanol–water partition coefficient (Wildman–Crippen LogP) is 2.58. The van der Waals surface area contributed by atoms with Crippen molar-refractivity contribution >= 4 is 5.91 Å². The van der Waals surface area contributed by atoms with E-state index in [4.69, 9.17) is 15.0 Å². The first-order chi connectivity index (χ1) is 11.1. The third-order valence-electron chi connectivity index (χ3n) is 3.30. The number of carbonyl (C=O) groups is 1. The van der Waals surface area contributed by atoms with Crippen molar-refractivity contribution in [2.75, 3.05) is 6.61 Å². The van der Waals surface area contributed by atoms with Gasteiger partial charge < -0.3 is 15.0 Å². The molecule has 0 aliphatic heterocycles. The van der Waals surface area contributed by atoms with Crippen LogP contribution in [-0.4, -0.2) is 22.7 Å². The lowest BCUT2D eigenvalue weighted by molar-refractivity contribution is -0.119. The van der Waals surface area contributed by atoms with Gasteiger partial charge in [-0.2, -0.15) is 4.98 Å². The minimum atomic E-state index is -0.550. The highest BCUT2D eigenvalue weighted by Crippen LogP contribution is 2.30. The molecule has 2 N–H and O–H groups in total. The number of hydrogen-bond acceptors (Lipinski definition) is 5. The maximum atomic E-state index is 10.9. The Bertz CT molecular complexity index is 842. The molecular formula is C17H15N3O3. The molecule has 0 saturated carbocycles. The highest BCUT2D eigenvalue weighted by molar-refractivity contribution is 5.76. The van der Waals surface area contributed by atoms with E-state index in [1.807, 2.05) is 37.3 Å². The molecule has 3 rings (SSSR count). The fourth-order valence-corrected chi connectivity index (χ4v) is 2.18. The zero-order valence-electron chi connectivity index (χ0n) is 12.5. The lowest BCUT2D eigenvalue weighted by Gasteiger charge is -2.06. The number of hydrogen-bond donors (Lipinski definition) is 1. The van der Waals surface area contributed by atoms with Crippen LogP contribution in [0.3, 0.4) is 0 Å². The van der Waals surface area contributed by atoms with E-state index in [0.717, 1.165) is 11.1 Å². The number of rotatable bonds is 5. The third-order valence-corrected chi connectivity index (χ3v) is 3.30. The van der Waals surface area contributed by atoms with E-state index in [9.17, 15) is 4.79 Å². The molecule has 0 bridgehead atoms. The number of amides is 1. The van der Waals surface area contributed by atoms with Gasteiger partial charge in [0.05, 0.1) is 5.56 Å². The number of carbonyl (C=O) groups excluding carboxylic acids is 1. The molecule has 0 saturated heterocycles. The molecule has 0 radical (unpaired) electrons. The van der Waals surface area contributed by atoms with Gasteiger partial charge >= 0.3 is 0 Å². The number of nitrogens with zero attached hydrogens (tertiary/aromatic N) is 2. The Morgan fingerprint density at radius 2 is 1.83 bits per heavy atom. The summed E-state index contributed by atoms with van der Waals surface area (Å²) in [5, 5.41) is 4.03. The summed E-state index contributed by atoms with van der Waals surface area (Å²) in [7, 11) is 0. The molecule has 23 heavy (non-hydrogen) atoms. The summed E-state index contributed by atoms with van der Waals surface area (Å²) >= 11 is 0. The Morgan fingerprint density at radius 3 is 2.57 bits per heavy atom. The second-order valence-corrected chi connectivity index (χ2v) is 4.99. The fourth-order valence-electron chi connectivity index (χ4n) is 2.18. The van der Waals surface area contributed by atoms with Crippen LogP contribution in [0.2, 0.25) is 0 Å². The standard InChI is InChI=1S/C17H15N3O3/c1-11-6-2-3-7-12(11)16-19-17(23-20-16)13-8-4-5-9-14(13)22-10-15(18)21/h2-9H,10H2,1H3,(H2,18,21). The molecular weight excluding hydrogens is 294 g/mol. The number of primary amides is 1. The molecule has 3 aromatic rings. The molecule has 1 heterocycles. The van der Waals surface area contributed by atoms with Gasteiger partial charge in [-0.05, 0) is 24.6 Å². The molecule has 0 atom stereocenters. The van der Waals surface area contributed by atoms with Crippen LogP contribution >= 0.6 is 0 Å². The monoisotopic (exact) mass is 309 g/mol. The van der Waals surface area contributed by atoms with Crippen LogP contribution in [-0.2, 0) is 4.79 Å². The number of aromatic nitrogens is 2. The van der Waals surface area contributed by atoms with Gasteiger partial charge in [0.25, 0.3) is 11.8 Å². The summed E-state index contributed by atoms with van der Waals surface area (Å²) in [6, 6.07) is 14.9. The first kappa shape index (κ1) is 14.8. The normalized spacial score (nSPS) is 10.5. The minimum Gasteiger partial charge on any atom is -0.483 e. The van der Waals surface area contributed by atoms with Gasteiger partial charge in [0.2, 0.25) is 5.82 Å². The van der Waals surface area contributed by atoms with Crippen LogP contribution in [0.15, 0.2) is 53.1 Å². The predicted molar refractivity (Wildman–Crippen MR) is 84.6 cm³/mol. The maximum absolute atomic E-state index is 10.9. The molecule has 1 amide bonds. The molecule has 0 aliphatic rings. The Labute approximate surface area is 132 Å². The van der Waals surface area contributed by atoms with E-state index < -0.39 is 5.91 Å². The van der Waals surface area contributed by atoms with Gasteiger partial charge in [-0.3, -0.25) is 4.79 Å². The summed E-state index contributed by atoms with van der Waals surface area (Å²) in [5.41, 5.74) is 7.68. The zero-order chi connectivity index (χ0) is 16.2. The van der Waals surface area contributed by atoms with Crippen LogP contribution in [0.25, 0.3) is 22.8 Å². The zero-order valence-corrected chi connectivity index (χ0v) is 12.5. The van der Waals surface area contributed by atoms with Gasteiger partial charge in [0, 0.05) is 5.56 Å². The highest BCUT2D eigenvalue weighted by Gasteiger charge is 2.16. The number of para-hydroxylation sites is 1. The van der Waals surface area contributed by atoms with Crippen LogP contribution in [0.1, 0.15) is 5.56 Å². The highest BCUT2D eigenvalue weighted by atomic mass is 16.5. The molecule has 0 aliphatic carbocycles. The van der Waals surface area contributed by atoms with Crippen LogP contribution in [0.4, 0.5) is 0 Å². The van der Waals surface area contributed by atoms with Crippen molar-refractivity contribution < 1.29 is 14.1 Å². The number of ether oxygens (including phenoxy) is 1. The lowest BCUT2D eigenvalue weighted by atomic mass is 10.1. The van der Waals surface area contributed by atoms with E-state index in [0.29, 0.717) is 23.0 Å². The molecule has 6 heteroatoms. The van der Waals surface area contributed by atoms with Gasteiger partial charge in [0.15, 0.2) is 6.61 Å². The quantitative estimate of drug-likeness (QED) is 0.782. The van der Waals surface area contributed by atoms with Gasteiger partial charge in [0.1, 0.15) is 5.75 Å². The first-order valence-corrected chi connectivity index (χ1v) is 7.05. The van der Waals surface area contributed by atoms with Crippen molar-refractivity contribution in [3.8, 4) is 28.6 Å². The third kappa shape index (κ3) is 3.21. The van der Waals surface area contributed by atoms with Gasteiger partial charge in [-0.25, -0.2) is 0 Å². The smallest absolute Gasteiger partial charge is 0.262 e. The molecule has 0 fully saturated rings. The van der Waals surface area contributed by atoms with E-state index in [2.05, 4.69) is 10.1 Å². The number of nitrogens with two attached hydrogens (primary N) is 1. The van der Waals surface area contributed by atoms with Crippen molar-refractivity contribution in [2.24, 2.45) is 5.73 Å². The SMILES string of the molecule is Cc1ccccc1-c1noc(-c2ccccc2OCC(N)=O)n1. The van der Waals surface area contributed by atoms with Gasteiger partial charge in [-0.1, -0.05) is 41.6 Å². The Kier molecular flexibility index (Phi) is 4.05. The van der Waals surface area contributed by atoms with Crippen molar-refractivity contribution in [3.63, 3.8) is 0 Å². The largest absolute Gasteiger partial charge is 0.483 e. The first-order valence-electron chi connectivity index (χ1n) is 7.05. The molecule has 0 unspecified atom stereocenters. The topological polar surface area (TPSA) is 91.2 Å². The lowest BCUT2D eigenvalue weighted by Crippen LogP contribution is -2.20. The fraction of sp³-hybridized carbons (Fsp3) is 0.118. The summed E-state index contributed by atoms with van der Waals surface area (Å²) in [6.07, 6.45) is 0. The molecule has 6 nitrogen and oxygen atoms in total. The van der Waals surface area contributed by atoms with Gasteiger partial charge in [-0.15, -0.1) is 0 Å². The van der Waals surface area contributed by atoms with Crippen molar-refractivity contribution in [2.45, 2.75) is 6.92 Å². The van der Waals surface area contributed by atoms with Crippen LogP contribution in [0, 0.1) is 6.92 Å². The van der Waals surface area contributed by atoms with Crippen molar-refractivity contribution in [1.82, 2.24) is 10.1 Å². The van der Waals surface area contributed by atoms with E-state index in [-0.39, 0.29) is 6.61 Å². The Hall–Kier alpha value is -3.15. The van der Waals surface area contributed by atoms with E-state index in [1.165, 1.54) is 0 Å². The van der Waals surface area contributed by atoms with Crippen LogP contribution in [0.5, 0.6) is 5.75 Å². The Morgan fingerprint density at radius 1 is 1.13 bits per heavy atom. The maximum Gasteiger partial charge on any atom is 0.262 e. The molecule has 1 aromatic heterocycles. The molecule has 116 valence electrons. The second kappa shape index (κ2) is 6.31. The molecule has 0 spiro atoms. The number of benzene rings is 2. The van der Waals surface area contributed by atoms with Crippen molar-refractivity contribution in [3.05, 3.63) is 54.1 Å². The Balaban J connectivity index is 1.95.